The Bertz CT molecular complexity index is 493. The first-order valence-electron chi connectivity index (χ1n) is 5.75. The van der Waals surface area contributed by atoms with Gasteiger partial charge < -0.3 is 5.32 Å². The second kappa shape index (κ2) is 5.10. The number of rotatable bonds is 4. The standard InChI is InChI=1S/C13H17N3O/c1-9-6-4-5-7-12(9)10(2)14-8-13-11(3)15-17-16-13/h4-7,10,14H,8H2,1-3H3/t10-/m0/s1. The molecule has 0 saturated heterocycles. The Balaban J connectivity index is 2.01. The lowest BCUT2D eigenvalue weighted by Crippen LogP contribution is -2.19. The maximum Gasteiger partial charge on any atom is 0.121 e. The van der Waals surface area contributed by atoms with Gasteiger partial charge in [-0.05, 0) is 31.9 Å². The van der Waals surface area contributed by atoms with Gasteiger partial charge in [0.25, 0.3) is 0 Å². The number of nitrogens with one attached hydrogen (secondary N) is 1. The highest BCUT2D eigenvalue weighted by molar-refractivity contribution is 5.28. The normalized spacial score (nSPS) is 12.6. The van der Waals surface area contributed by atoms with Crippen LogP contribution >= 0.6 is 0 Å². The molecule has 0 bridgehead atoms. The van der Waals surface area contributed by atoms with Gasteiger partial charge in [-0.25, -0.2) is 4.63 Å². The van der Waals surface area contributed by atoms with Crippen molar-refractivity contribution in [2.45, 2.75) is 33.4 Å². The van der Waals surface area contributed by atoms with Crippen LogP contribution in [0, 0.1) is 13.8 Å². The van der Waals surface area contributed by atoms with Gasteiger partial charge in [-0.1, -0.05) is 34.6 Å². The molecule has 0 aliphatic heterocycles. The van der Waals surface area contributed by atoms with Crippen LogP contribution in [0.4, 0.5) is 0 Å². The van der Waals surface area contributed by atoms with Gasteiger partial charge in [-0.15, -0.1) is 0 Å². The third-order valence-electron chi connectivity index (χ3n) is 2.98. The first-order valence-corrected chi connectivity index (χ1v) is 5.75. The fourth-order valence-corrected chi connectivity index (χ4v) is 1.84. The molecule has 0 aliphatic rings. The zero-order chi connectivity index (χ0) is 12.3. The Hall–Kier alpha value is -1.68. The first kappa shape index (κ1) is 11.8. The molecule has 17 heavy (non-hydrogen) atoms. The molecule has 1 aromatic heterocycles. The summed E-state index contributed by atoms with van der Waals surface area (Å²) in [5.41, 5.74) is 4.31. The summed E-state index contributed by atoms with van der Waals surface area (Å²) >= 11 is 0. The molecular formula is C13H17N3O. The molecule has 0 unspecified atom stereocenters. The van der Waals surface area contributed by atoms with E-state index in [-0.39, 0.29) is 6.04 Å². The van der Waals surface area contributed by atoms with Gasteiger partial charge in [-0.2, -0.15) is 0 Å². The quantitative estimate of drug-likeness (QED) is 0.878. The summed E-state index contributed by atoms with van der Waals surface area (Å²) in [5.74, 6) is 0. The smallest absolute Gasteiger partial charge is 0.121 e. The zero-order valence-corrected chi connectivity index (χ0v) is 10.4. The minimum atomic E-state index is 0.285. The van der Waals surface area contributed by atoms with E-state index in [1.165, 1.54) is 11.1 Å². The highest BCUT2D eigenvalue weighted by Gasteiger charge is 2.10. The maximum atomic E-state index is 4.67. The molecule has 0 amide bonds. The Morgan fingerprint density at radius 1 is 1.24 bits per heavy atom. The molecule has 1 aromatic carbocycles. The highest BCUT2D eigenvalue weighted by Crippen LogP contribution is 2.17. The van der Waals surface area contributed by atoms with Crippen molar-refractivity contribution in [3.63, 3.8) is 0 Å². The van der Waals surface area contributed by atoms with Crippen LogP contribution in [0.5, 0.6) is 0 Å². The fourth-order valence-electron chi connectivity index (χ4n) is 1.84. The topological polar surface area (TPSA) is 51.0 Å². The molecule has 4 nitrogen and oxygen atoms in total. The predicted molar refractivity (Wildman–Crippen MR) is 65.5 cm³/mol. The maximum absolute atomic E-state index is 4.67. The van der Waals surface area contributed by atoms with Crippen LogP contribution in [-0.2, 0) is 6.54 Å². The third kappa shape index (κ3) is 2.71. The van der Waals surface area contributed by atoms with E-state index in [0.29, 0.717) is 6.54 Å². The van der Waals surface area contributed by atoms with E-state index in [2.05, 4.69) is 58.4 Å². The molecule has 1 heterocycles. The second-order valence-electron chi connectivity index (χ2n) is 4.26. The van der Waals surface area contributed by atoms with Crippen LogP contribution < -0.4 is 5.32 Å². The molecule has 2 rings (SSSR count). The van der Waals surface area contributed by atoms with Gasteiger partial charge in [0.05, 0.1) is 0 Å². The molecule has 0 radical (unpaired) electrons. The summed E-state index contributed by atoms with van der Waals surface area (Å²) in [6.07, 6.45) is 0. The van der Waals surface area contributed by atoms with Crippen molar-refractivity contribution < 1.29 is 4.63 Å². The molecular weight excluding hydrogens is 214 g/mol. The summed E-state index contributed by atoms with van der Waals surface area (Å²) in [5, 5.41) is 11.0. The number of nitrogens with zero attached hydrogens (tertiary/aromatic N) is 2. The van der Waals surface area contributed by atoms with E-state index in [4.69, 9.17) is 0 Å². The Morgan fingerprint density at radius 2 is 2.00 bits per heavy atom. The average molecular weight is 231 g/mol. The van der Waals surface area contributed by atoms with Crippen LogP contribution in [0.15, 0.2) is 28.9 Å². The van der Waals surface area contributed by atoms with Crippen molar-refractivity contribution in [1.29, 1.82) is 0 Å². The van der Waals surface area contributed by atoms with Gasteiger partial charge in [0.1, 0.15) is 11.4 Å². The number of hydrogen-bond acceptors (Lipinski definition) is 4. The molecule has 2 aromatic rings. The van der Waals surface area contributed by atoms with Crippen LogP contribution in [0.2, 0.25) is 0 Å². The van der Waals surface area contributed by atoms with Gasteiger partial charge in [0.2, 0.25) is 0 Å². The van der Waals surface area contributed by atoms with E-state index in [1.807, 2.05) is 6.92 Å². The van der Waals surface area contributed by atoms with Gasteiger partial charge >= 0.3 is 0 Å². The third-order valence-corrected chi connectivity index (χ3v) is 2.98. The minimum absolute atomic E-state index is 0.285. The summed E-state index contributed by atoms with van der Waals surface area (Å²) in [4.78, 5) is 0. The van der Waals surface area contributed by atoms with Gasteiger partial charge in [-0.3, -0.25) is 0 Å². The lowest BCUT2D eigenvalue weighted by atomic mass is 10.0. The van der Waals surface area contributed by atoms with Gasteiger partial charge in [0.15, 0.2) is 0 Å². The SMILES string of the molecule is Cc1ccccc1[C@H](C)NCc1nonc1C. The summed E-state index contributed by atoms with van der Waals surface area (Å²) in [7, 11) is 0. The average Bonchev–Trinajstić information content (AvgIpc) is 2.72. The molecule has 1 N–H and O–H groups in total. The summed E-state index contributed by atoms with van der Waals surface area (Å²) in [6, 6.07) is 8.66. The lowest BCUT2D eigenvalue weighted by molar-refractivity contribution is 0.300. The second-order valence-corrected chi connectivity index (χ2v) is 4.26. The Kier molecular flexibility index (Phi) is 3.54. The molecule has 0 spiro atoms. The molecule has 0 aliphatic carbocycles. The van der Waals surface area contributed by atoms with Crippen molar-refractivity contribution in [3.8, 4) is 0 Å². The summed E-state index contributed by atoms with van der Waals surface area (Å²) in [6.45, 7) is 6.83. The number of benzene rings is 1. The molecule has 0 fully saturated rings. The highest BCUT2D eigenvalue weighted by atomic mass is 16.6. The Morgan fingerprint density at radius 3 is 2.65 bits per heavy atom. The van der Waals surface area contributed by atoms with Gasteiger partial charge in [0, 0.05) is 12.6 Å². The largest absolute Gasteiger partial charge is 0.304 e. The van der Waals surface area contributed by atoms with E-state index in [1.54, 1.807) is 0 Å². The molecule has 90 valence electrons. The van der Waals surface area contributed by atoms with E-state index < -0.39 is 0 Å². The van der Waals surface area contributed by atoms with Crippen LogP contribution in [-0.4, -0.2) is 10.3 Å². The monoisotopic (exact) mass is 231 g/mol. The fraction of sp³-hybridized carbons (Fsp3) is 0.385. The lowest BCUT2D eigenvalue weighted by Gasteiger charge is -2.15. The molecule has 0 saturated carbocycles. The molecule has 1 atom stereocenters. The van der Waals surface area contributed by atoms with Crippen molar-refractivity contribution in [1.82, 2.24) is 15.6 Å². The van der Waals surface area contributed by atoms with E-state index in [0.717, 1.165) is 11.4 Å². The number of hydrogen-bond donors (Lipinski definition) is 1. The number of aryl methyl sites for hydroxylation is 2. The van der Waals surface area contributed by atoms with Crippen molar-refractivity contribution in [2.24, 2.45) is 0 Å². The summed E-state index contributed by atoms with van der Waals surface area (Å²) < 4.78 is 4.67. The van der Waals surface area contributed by atoms with Crippen molar-refractivity contribution in [3.05, 3.63) is 46.8 Å². The van der Waals surface area contributed by atoms with E-state index >= 15 is 0 Å². The van der Waals surface area contributed by atoms with Crippen LogP contribution in [0.1, 0.15) is 35.5 Å². The first-order chi connectivity index (χ1) is 8.18. The molecule has 4 heteroatoms. The number of aromatic nitrogens is 2. The zero-order valence-electron chi connectivity index (χ0n) is 10.4. The van der Waals surface area contributed by atoms with E-state index in [9.17, 15) is 0 Å². The van der Waals surface area contributed by atoms with Crippen LogP contribution in [0.25, 0.3) is 0 Å². The predicted octanol–water partition coefficient (Wildman–Crippen LogP) is 2.54. The Labute approximate surface area is 101 Å². The van der Waals surface area contributed by atoms with Crippen molar-refractivity contribution in [2.75, 3.05) is 0 Å². The minimum Gasteiger partial charge on any atom is -0.304 e. The van der Waals surface area contributed by atoms with Crippen LogP contribution in [0.3, 0.4) is 0 Å². The van der Waals surface area contributed by atoms with Crippen molar-refractivity contribution >= 4 is 0 Å².